The monoisotopic (exact) mass is 238 g/mol. The average Bonchev–Trinajstić information content (AvgIpc) is 2.38. The maximum atomic E-state index is 5.23. The summed E-state index contributed by atoms with van der Waals surface area (Å²) in [5.41, 5.74) is 3.41. The van der Waals surface area contributed by atoms with E-state index in [1.165, 1.54) is 0 Å². The first-order valence-electron chi connectivity index (χ1n) is 5.65. The summed E-state index contributed by atoms with van der Waals surface area (Å²) in [6.07, 6.45) is 1.75. The molecule has 2 aromatic heterocycles. The van der Waals surface area contributed by atoms with E-state index < -0.39 is 0 Å². The number of methoxy groups -OCH3 is 1. The molecule has 0 aliphatic carbocycles. The van der Waals surface area contributed by atoms with Gasteiger partial charge >= 0.3 is 0 Å². The maximum absolute atomic E-state index is 5.23. The summed E-state index contributed by atoms with van der Waals surface area (Å²) in [5, 5.41) is 0. The molecule has 0 aliphatic rings. The minimum atomic E-state index is 0.651. The molecule has 0 saturated carbocycles. The third-order valence-electron chi connectivity index (χ3n) is 2.45. The van der Waals surface area contributed by atoms with Crippen molar-refractivity contribution in [1.29, 1.82) is 0 Å². The molecule has 2 rings (SSSR count). The Kier molecular flexibility index (Phi) is 3.59. The van der Waals surface area contributed by atoms with Gasteiger partial charge in [-0.2, -0.15) is 0 Å². The Morgan fingerprint density at radius 1 is 1.00 bits per heavy atom. The smallest absolute Gasteiger partial charge is 0.155 e. The maximum Gasteiger partial charge on any atom is 0.155 e. The van der Waals surface area contributed by atoms with E-state index in [2.05, 4.69) is 21.8 Å². The third kappa shape index (κ3) is 2.86. The highest BCUT2D eigenvalue weighted by atomic mass is 16.5. The van der Waals surface area contributed by atoms with Gasteiger partial charge in [0.2, 0.25) is 0 Å². The molecule has 3 nitrogen and oxygen atoms in total. The second-order valence-electron chi connectivity index (χ2n) is 3.94. The topological polar surface area (TPSA) is 35.0 Å². The van der Waals surface area contributed by atoms with Crippen molar-refractivity contribution >= 4 is 0 Å². The van der Waals surface area contributed by atoms with Crippen LogP contribution in [0.3, 0.4) is 0 Å². The molecule has 18 heavy (non-hydrogen) atoms. The van der Waals surface area contributed by atoms with E-state index in [1.54, 1.807) is 13.3 Å². The second kappa shape index (κ2) is 5.33. The van der Waals surface area contributed by atoms with Gasteiger partial charge in [0.25, 0.3) is 0 Å². The number of nitrogens with zero attached hydrogens (tertiary/aromatic N) is 2. The zero-order valence-corrected chi connectivity index (χ0v) is 10.7. The molecule has 90 valence electrons. The van der Waals surface area contributed by atoms with Gasteiger partial charge in [0, 0.05) is 23.1 Å². The normalized spacial score (nSPS) is 9.50. The van der Waals surface area contributed by atoms with Gasteiger partial charge in [0.05, 0.1) is 7.11 Å². The summed E-state index contributed by atoms with van der Waals surface area (Å²) in [6, 6.07) is 7.65. The highest BCUT2D eigenvalue weighted by Gasteiger charge is 2.01. The molecule has 3 heteroatoms. The molecule has 0 N–H and O–H groups in total. The van der Waals surface area contributed by atoms with Crippen molar-refractivity contribution in [3.63, 3.8) is 0 Å². The summed E-state index contributed by atoms with van der Waals surface area (Å²) in [5.74, 6) is 6.74. The van der Waals surface area contributed by atoms with E-state index in [0.717, 1.165) is 17.0 Å². The molecule has 0 amide bonds. The lowest BCUT2D eigenvalue weighted by molar-refractivity contribution is 0.411. The standard InChI is InChI=1S/C15H14N2O/c1-11-4-6-13(10-16-11)7-8-14-15(18-3)9-5-12(2)17-14/h4-6,9-10H,1-3H3. The van der Waals surface area contributed by atoms with Crippen LogP contribution in [0.25, 0.3) is 0 Å². The predicted molar refractivity (Wildman–Crippen MR) is 70.5 cm³/mol. The predicted octanol–water partition coefficient (Wildman–Crippen LogP) is 2.50. The lowest BCUT2D eigenvalue weighted by Gasteiger charge is -2.02. The van der Waals surface area contributed by atoms with E-state index >= 15 is 0 Å². The molecule has 0 fully saturated rings. The molecule has 2 heterocycles. The first-order chi connectivity index (χ1) is 8.69. The van der Waals surface area contributed by atoms with Crippen molar-refractivity contribution in [2.75, 3.05) is 7.11 Å². The van der Waals surface area contributed by atoms with Gasteiger partial charge in [0.15, 0.2) is 11.4 Å². The Hall–Kier alpha value is -2.34. The van der Waals surface area contributed by atoms with Crippen molar-refractivity contribution < 1.29 is 4.74 Å². The molecule has 2 aromatic rings. The highest BCUT2D eigenvalue weighted by molar-refractivity contribution is 5.45. The van der Waals surface area contributed by atoms with Gasteiger partial charge in [-0.3, -0.25) is 4.98 Å². The van der Waals surface area contributed by atoms with Crippen molar-refractivity contribution in [3.05, 3.63) is 53.1 Å². The van der Waals surface area contributed by atoms with Crippen molar-refractivity contribution in [1.82, 2.24) is 9.97 Å². The van der Waals surface area contributed by atoms with Crippen LogP contribution in [0.5, 0.6) is 5.75 Å². The summed E-state index contributed by atoms with van der Waals surface area (Å²) in [6.45, 7) is 3.88. The zero-order chi connectivity index (χ0) is 13.0. The first kappa shape index (κ1) is 12.1. The zero-order valence-electron chi connectivity index (χ0n) is 10.7. The molecule has 0 aliphatic heterocycles. The van der Waals surface area contributed by atoms with E-state index in [0.29, 0.717) is 11.4 Å². The van der Waals surface area contributed by atoms with Crippen LogP contribution in [0.2, 0.25) is 0 Å². The van der Waals surface area contributed by atoms with Crippen molar-refractivity contribution in [2.45, 2.75) is 13.8 Å². The molecule has 0 aromatic carbocycles. The van der Waals surface area contributed by atoms with Gasteiger partial charge in [-0.15, -0.1) is 0 Å². The van der Waals surface area contributed by atoms with E-state index in [4.69, 9.17) is 4.74 Å². The molecule has 0 unspecified atom stereocenters. The van der Waals surface area contributed by atoms with Gasteiger partial charge < -0.3 is 4.74 Å². The van der Waals surface area contributed by atoms with Gasteiger partial charge in [-0.25, -0.2) is 4.98 Å². The lowest BCUT2D eigenvalue weighted by atomic mass is 10.2. The molecular formula is C15H14N2O. The fourth-order valence-corrected chi connectivity index (χ4v) is 1.47. The van der Waals surface area contributed by atoms with Crippen LogP contribution in [0, 0.1) is 25.7 Å². The molecule has 0 spiro atoms. The minimum Gasteiger partial charge on any atom is -0.494 e. The van der Waals surface area contributed by atoms with Crippen LogP contribution in [-0.2, 0) is 0 Å². The number of aryl methyl sites for hydroxylation is 2. The fraction of sp³-hybridized carbons (Fsp3) is 0.200. The lowest BCUT2D eigenvalue weighted by Crippen LogP contribution is -1.93. The number of aromatic nitrogens is 2. The first-order valence-corrected chi connectivity index (χ1v) is 5.65. The molecular weight excluding hydrogens is 224 g/mol. The van der Waals surface area contributed by atoms with Gasteiger partial charge in [-0.1, -0.05) is 5.92 Å². The van der Waals surface area contributed by atoms with Crippen LogP contribution in [0.4, 0.5) is 0 Å². The molecule has 0 radical (unpaired) electrons. The van der Waals surface area contributed by atoms with Crippen LogP contribution < -0.4 is 4.74 Å². The molecule has 0 saturated heterocycles. The summed E-state index contributed by atoms with van der Waals surface area (Å²) < 4.78 is 5.23. The molecule has 0 bridgehead atoms. The number of hydrogen-bond acceptors (Lipinski definition) is 3. The van der Waals surface area contributed by atoms with Gasteiger partial charge in [0.1, 0.15) is 0 Å². The Labute approximate surface area is 107 Å². The Morgan fingerprint density at radius 3 is 2.44 bits per heavy atom. The van der Waals surface area contributed by atoms with Crippen LogP contribution in [0.1, 0.15) is 22.6 Å². The van der Waals surface area contributed by atoms with E-state index in [9.17, 15) is 0 Å². The fourth-order valence-electron chi connectivity index (χ4n) is 1.47. The average molecular weight is 238 g/mol. The number of pyridine rings is 2. The Morgan fingerprint density at radius 2 is 1.78 bits per heavy atom. The summed E-state index contributed by atoms with van der Waals surface area (Å²) in [7, 11) is 1.62. The quantitative estimate of drug-likeness (QED) is 0.716. The van der Waals surface area contributed by atoms with E-state index in [1.807, 2.05) is 38.1 Å². The largest absolute Gasteiger partial charge is 0.494 e. The van der Waals surface area contributed by atoms with Crippen LogP contribution in [-0.4, -0.2) is 17.1 Å². The molecule has 0 atom stereocenters. The SMILES string of the molecule is COc1ccc(C)nc1C#Cc1ccc(C)nc1. The summed E-state index contributed by atoms with van der Waals surface area (Å²) in [4.78, 5) is 8.55. The van der Waals surface area contributed by atoms with Crippen LogP contribution in [0.15, 0.2) is 30.5 Å². The van der Waals surface area contributed by atoms with Crippen molar-refractivity contribution in [3.8, 4) is 17.6 Å². The summed E-state index contributed by atoms with van der Waals surface area (Å²) >= 11 is 0. The third-order valence-corrected chi connectivity index (χ3v) is 2.45. The number of rotatable bonds is 1. The number of ether oxygens (including phenoxy) is 1. The minimum absolute atomic E-state index is 0.651. The number of hydrogen-bond donors (Lipinski definition) is 0. The van der Waals surface area contributed by atoms with E-state index in [-0.39, 0.29) is 0 Å². The highest BCUT2D eigenvalue weighted by Crippen LogP contribution is 2.15. The Bertz CT molecular complexity index is 607. The Balaban J connectivity index is 2.34. The van der Waals surface area contributed by atoms with Gasteiger partial charge in [-0.05, 0) is 44.0 Å². The second-order valence-corrected chi connectivity index (χ2v) is 3.94. The van der Waals surface area contributed by atoms with Crippen LogP contribution >= 0.6 is 0 Å². The van der Waals surface area contributed by atoms with Crippen molar-refractivity contribution in [2.24, 2.45) is 0 Å².